The van der Waals surface area contributed by atoms with Gasteiger partial charge in [0.1, 0.15) is 0 Å². The number of anilines is 1. The van der Waals surface area contributed by atoms with Gasteiger partial charge in [-0.2, -0.15) is 5.26 Å². The van der Waals surface area contributed by atoms with Gasteiger partial charge < -0.3 is 10.2 Å². The van der Waals surface area contributed by atoms with Crippen LogP contribution in [0, 0.1) is 11.3 Å². The van der Waals surface area contributed by atoms with Gasteiger partial charge in [0, 0.05) is 38.4 Å². The largest absolute Gasteiger partial charge is 0.322 e. The quantitative estimate of drug-likeness (QED) is 0.853. The third kappa shape index (κ3) is 5.07. The average Bonchev–Trinajstić information content (AvgIpc) is 2.67. The molecule has 0 bridgehead atoms. The summed E-state index contributed by atoms with van der Waals surface area (Å²) in [6, 6.07) is 9.04. The minimum Gasteiger partial charge on any atom is -0.322 e. The fourth-order valence-electron chi connectivity index (χ4n) is 3.48. The van der Waals surface area contributed by atoms with E-state index >= 15 is 0 Å². The Balaban J connectivity index is 1.42. The summed E-state index contributed by atoms with van der Waals surface area (Å²) in [5.74, 6) is 0. The number of amides is 2. The lowest BCUT2D eigenvalue weighted by Gasteiger charge is -2.35. The first kappa shape index (κ1) is 17.5. The number of nitrogens with zero attached hydrogens (tertiary/aromatic N) is 3. The van der Waals surface area contributed by atoms with Gasteiger partial charge >= 0.3 is 6.03 Å². The van der Waals surface area contributed by atoms with Gasteiger partial charge in [0.25, 0.3) is 0 Å². The Morgan fingerprint density at radius 2 is 2.04 bits per heavy atom. The second-order valence-corrected chi connectivity index (χ2v) is 6.81. The van der Waals surface area contributed by atoms with Crippen molar-refractivity contribution in [2.24, 2.45) is 0 Å². The van der Waals surface area contributed by atoms with Crippen LogP contribution in [-0.4, -0.2) is 48.6 Å². The number of piperazine rings is 1. The highest BCUT2D eigenvalue weighted by molar-refractivity contribution is 5.89. The van der Waals surface area contributed by atoms with Crippen molar-refractivity contribution in [1.82, 2.24) is 9.80 Å². The zero-order valence-electron chi connectivity index (χ0n) is 14.7. The number of benzene rings is 1. The average molecular weight is 338 g/mol. The van der Waals surface area contributed by atoms with Gasteiger partial charge in [0.15, 0.2) is 0 Å². The van der Waals surface area contributed by atoms with E-state index in [1.807, 2.05) is 11.0 Å². The Hall–Kier alpha value is -2.32. The fraction of sp³-hybridized carbons (Fsp3) is 0.500. The second kappa shape index (κ2) is 8.68. The van der Waals surface area contributed by atoms with Crippen LogP contribution in [0.2, 0.25) is 0 Å². The van der Waals surface area contributed by atoms with E-state index in [0.717, 1.165) is 32.7 Å². The maximum absolute atomic E-state index is 12.4. The number of carbonyl (C=O) groups excluding carboxylic acids is 1. The molecule has 1 N–H and O–H groups in total. The monoisotopic (exact) mass is 338 g/mol. The molecule has 1 fully saturated rings. The maximum Gasteiger partial charge on any atom is 0.321 e. The highest BCUT2D eigenvalue weighted by Gasteiger charge is 2.21. The molecule has 5 heteroatoms. The number of allylic oxidation sites excluding steroid dienone is 1. The molecule has 0 unspecified atom stereocenters. The van der Waals surface area contributed by atoms with E-state index in [1.54, 1.807) is 23.8 Å². The number of hydrogen-bond acceptors (Lipinski definition) is 3. The van der Waals surface area contributed by atoms with E-state index in [9.17, 15) is 4.79 Å². The standard InChI is InChI=1S/C20H26N4O/c21-16-18-7-4-8-19(15-18)22-20(25)24-13-11-23(12-14-24)10-9-17-5-2-1-3-6-17/h4-5,7-8,15H,1-3,6,9-14H2,(H,22,25). The third-order valence-electron chi connectivity index (χ3n) is 5.04. The lowest BCUT2D eigenvalue weighted by atomic mass is 9.97. The molecular weight excluding hydrogens is 312 g/mol. The van der Waals surface area contributed by atoms with Crippen LogP contribution < -0.4 is 5.32 Å². The molecule has 0 spiro atoms. The van der Waals surface area contributed by atoms with Crippen molar-refractivity contribution >= 4 is 11.7 Å². The molecule has 1 aliphatic carbocycles. The Bertz CT molecular complexity index is 669. The zero-order valence-corrected chi connectivity index (χ0v) is 14.7. The SMILES string of the molecule is N#Cc1cccc(NC(=O)N2CCN(CCC3=CCCCC3)CC2)c1. The highest BCUT2D eigenvalue weighted by Crippen LogP contribution is 2.20. The normalized spacial score (nSPS) is 18.4. The van der Waals surface area contributed by atoms with Crippen LogP contribution in [-0.2, 0) is 0 Å². The first-order valence-electron chi connectivity index (χ1n) is 9.21. The molecule has 2 amide bonds. The number of rotatable bonds is 4. The Kier molecular flexibility index (Phi) is 6.08. The first-order valence-corrected chi connectivity index (χ1v) is 9.21. The smallest absolute Gasteiger partial charge is 0.321 e. The van der Waals surface area contributed by atoms with Crippen LogP contribution >= 0.6 is 0 Å². The molecule has 1 saturated heterocycles. The predicted molar refractivity (Wildman–Crippen MR) is 99.4 cm³/mol. The summed E-state index contributed by atoms with van der Waals surface area (Å²) in [6.45, 7) is 4.47. The summed E-state index contributed by atoms with van der Waals surface area (Å²) in [5.41, 5.74) is 2.85. The van der Waals surface area contributed by atoms with Gasteiger partial charge in [-0.15, -0.1) is 0 Å². The van der Waals surface area contributed by atoms with Crippen molar-refractivity contribution < 1.29 is 4.79 Å². The minimum absolute atomic E-state index is 0.0790. The van der Waals surface area contributed by atoms with Crippen molar-refractivity contribution in [3.8, 4) is 6.07 Å². The van der Waals surface area contributed by atoms with Gasteiger partial charge in [-0.25, -0.2) is 4.79 Å². The van der Waals surface area contributed by atoms with Crippen molar-refractivity contribution in [3.05, 3.63) is 41.5 Å². The van der Waals surface area contributed by atoms with Gasteiger partial charge in [0.05, 0.1) is 11.6 Å². The van der Waals surface area contributed by atoms with E-state index in [2.05, 4.69) is 22.4 Å². The van der Waals surface area contributed by atoms with Gasteiger partial charge in [-0.3, -0.25) is 4.90 Å². The highest BCUT2D eigenvalue weighted by atomic mass is 16.2. The Labute approximate surface area is 149 Å². The number of nitriles is 1. The van der Waals surface area contributed by atoms with E-state index in [1.165, 1.54) is 32.1 Å². The van der Waals surface area contributed by atoms with E-state index in [0.29, 0.717) is 11.3 Å². The Morgan fingerprint density at radius 3 is 2.76 bits per heavy atom. The zero-order chi connectivity index (χ0) is 17.5. The molecule has 1 aromatic rings. The topological polar surface area (TPSA) is 59.4 Å². The van der Waals surface area contributed by atoms with Crippen LogP contribution in [0.4, 0.5) is 10.5 Å². The summed E-state index contributed by atoms with van der Waals surface area (Å²) in [6.07, 6.45) is 8.79. The molecule has 0 atom stereocenters. The molecule has 1 heterocycles. The minimum atomic E-state index is -0.0790. The van der Waals surface area contributed by atoms with Crippen molar-refractivity contribution in [1.29, 1.82) is 5.26 Å². The maximum atomic E-state index is 12.4. The number of hydrogen-bond donors (Lipinski definition) is 1. The summed E-state index contributed by atoms with van der Waals surface area (Å²) in [7, 11) is 0. The molecule has 0 aromatic heterocycles. The van der Waals surface area contributed by atoms with E-state index in [-0.39, 0.29) is 6.03 Å². The van der Waals surface area contributed by atoms with Gasteiger partial charge in [-0.05, 0) is 50.3 Å². The summed E-state index contributed by atoms with van der Waals surface area (Å²) in [5, 5.41) is 11.8. The summed E-state index contributed by atoms with van der Waals surface area (Å²) < 4.78 is 0. The van der Waals surface area contributed by atoms with Crippen LogP contribution in [0.15, 0.2) is 35.9 Å². The van der Waals surface area contributed by atoms with Crippen LogP contribution in [0.3, 0.4) is 0 Å². The second-order valence-electron chi connectivity index (χ2n) is 6.81. The number of nitrogens with one attached hydrogen (secondary N) is 1. The van der Waals surface area contributed by atoms with Crippen molar-refractivity contribution in [2.45, 2.75) is 32.1 Å². The van der Waals surface area contributed by atoms with Crippen LogP contribution in [0.1, 0.15) is 37.7 Å². The lowest BCUT2D eigenvalue weighted by Crippen LogP contribution is -2.50. The molecule has 5 nitrogen and oxygen atoms in total. The van der Waals surface area contributed by atoms with Gasteiger partial charge in [0.2, 0.25) is 0 Å². The molecular formula is C20H26N4O. The summed E-state index contributed by atoms with van der Waals surface area (Å²) in [4.78, 5) is 16.7. The lowest BCUT2D eigenvalue weighted by molar-refractivity contribution is 0.148. The molecule has 1 aromatic carbocycles. The number of urea groups is 1. The van der Waals surface area contributed by atoms with Gasteiger partial charge in [-0.1, -0.05) is 17.7 Å². The van der Waals surface area contributed by atoms with Crippen molar-refractivity contribution in [2.75, 3.05) is 38.0 Å². The van der Waals surface area contributed by atoms with Crippen LogP contribution in [0.5, 0.6) is 0 Å². The fourth-order valence-corrected chi connectivity index (χ4v) is 3.48. The van der Waals surface area contributed by atoms with E-state index in [4.69, 9.17) is 5.26 Å². The molecule has 2 aliphatic rings. The Morgan fingerprint density at radius 1 is 1.20 bits per heavy atom. The molecule has 0 saturated carbocycles. The summed E-state index contributed by atoms with van der Waals surface area (Å²) >= 11 is 0. The third-order valence-corrected chi connectivity index (χ3v) is 5.04. The molecule has 1 aliphatic heterocycles. The molecule has 25 heavy (non-hydrogen) atoms. The molecule has 132 valence electrons. The first-order chi connectivity index (χ1) is 12.2. The van der Waals surface area contributed by atoms with Crippen LogP contribution in [0.25, 0.3) is 0 Å². The predicted octanol–water partition coefficient (Wildman–Crippen LogP) is 3.60. The van der Waals surface area contributed by atoms with E-state index < -0.39 is 0 Å². The van der Waals surface area contributed by atoms with Crippen molar-refractivity contribution in [3.63, 3.8) is 0 Å². The molecule has 0 radical (unpaired) electrons. The number of carbonyl (C=O) groups is 1. The molecule has 3 rings (SSSR count).